The molecule has 4 heteroatoms. The Bertz CT molecular complexity index is 420. The molecule has 0 aromatic carbocycles. The van der Waals surface area contributed by atoms with Gasteiger partial charge in [0, 0.05) is 19.1 Å². The summed E-state index contributed by atoms with van der Waals surface area (Å²) in [5, 5.41) is 3.01. The third-order valence-electron chi connectivity index (χ3n) is 4.33. The molecule has 1 aliphatic carbocycles. The fourth-order valence-corrected chi connectivity index (χ4v) is 3.12. The van der Waals surface area contributed by atoms with Crippen LogP contribution in [0.3, 0.4) is 0 Å². The van der Waals surface area contributed by atoms with Gasteiger partial charge in [-0.3, -0.25) is 4.90 Å². The summed E-state index contributed by atoms with van der Waals surface area (Å²) in [6.45, 7) is 2.16. The van der Waals surface area contributed by atoms with Crippen LogP contribution in [-0.4, -0.2) is 42.2 Å². The first-order valence-corrected chi connectivity index (χ1v) is 6.71. The topological polar surface area (TPSA) is 37.4 Å². The van der Waals surface area contributed by atoms with Gasteiger partial charge < -0.3 is 10.1 Å². The molecule has 18 heavy (non-hydrogen) atoms. The van der Waals surface area contributed by atoms with Crippen LogP contribution in [0.4, 0.5) is 5.82 Å². The van der Waals surface area contributed by atoms with Crippen molar-refractivity contribution in [1.29, 1.82) is 0 Å². The fraction of sp³-hybridized carbons (Fsp3) is 0.643. The van der Waals surface area contributed by atoms with Gasteiger partial charge in [0.05, 0.1) is 6.20 Å². The number of hydrogen-bond donors (Lipinski definition) is 1. The molecule has 4 nitrogen and oxygen atoms in total. The maximum absolute atomic E-state index is 6.01. The van der Waals surface area contributed by atoms with Crippen LogP contribution in [0.15, 0.2) is 18.3 Å². The van der Waals surface area contributed by atoms with Crippen LogP contribution in [0.25, 0.3) is 0 Å². The van der Waals surface area contributed by atoms with Crippen LogP contribution in [0.2, 0.25) is 0 Å². The summed E-state index contributed by atoms with van der Waals surface area (Å²) in [7, 11) is 4.09. The van der Waals surface area contributed by atoms with Crippen LogP contribution >= 0.6 is 0 Å². The van der Waals surface area contributed by atoms with Crippen molar-refractivity contribution in [3.05, 3.63) is 18.3 Å². The van der Waals surface area contributed by atoms with Gasteiger partial charge in [-0.05, 0) is 44.9 Å². The van der Waals surface area contributed by atoms with Crippen molar-refractivity contribution in [3.8, 4) is 5.75 Å². The highest BCUT2D eigenvalue weighted by molar-refractivity contribution is 5.36. The molecule has 4 unspecified atom stereocenters. The van der Waals surface area contributed by atoms with Gasteiger partial charge in [-0.25, -0.2) is 4.98 Å². The van der Waals surface area contributed by atoms with Gasteiger partial charge in [-0.2, -0.15) is 0 Å². The fourth-order valence-electron chi connectivity index (χ4n) is 3.12. The second-order valence-electron chi connectivity index (χ2n) is 5.48. The highest BCUT2D eigenvalue weighted by atomic mass is 16.5. The van der Waals surface area contributed by atoms with Crippen molar-refractivity contribution in [1.82, 2.24) is 9.88 Å². The van der Waals surface area contributed by atoms with E-state index in [-0.39, 0.29) is 6.10 Å². The number of anilines is 1. The second-order valence-corrected chi connectivity index (χ2v) is 5.48. The van der Waals surface area contributed by atoms with Crippen molar-refractivity contribution in [3.63, 3.8) is 0 Å². The summed E-state index contributed by atoms with van der Waals surface area (Å²) in [6.07, 6.45) is 4.69. The third-order valence-corrected chi connectivity index (χ3v) is 4.33. The molecule has 2 heterocycles. The van der Waals surface area contributed by atoms with E-state index >= 15 is 0 Å². The molecular weight excluding hydrogens is 226 g/mol. The Hall–Kier alpha value is -1.29. The first-order chi connectivity index (χ1) is 8.69. The predicted molar refractivity (Wildman–Crippen MR) is 71.9 cm³/mol. The molecular formula is C14H21N3O. The van der Waals surface area contributed by atoms with Gasteiger partial charge in [-0.1, -0.05) is 0 Å². The summed E-state index contributed by atoms with van der Waals surface area (Å²) in [4.78, 5) is 6.76. The highest BCUT2D eigenvalue weighted by Gasteiger charge is 2.51. The molecule has 1 N–H and O–H groups in total. The lowest BCUT2D eigenvalue weighted by molar-refractivity contribution is 0.106. The van der Waals surface area contributed by atoms with E-state index in [1.807, 2.05) is 19.2 Å². The van der Waals surface area contributed by atoms with Gasteiger partial charge >= 0.3 is 0 Å². The SMILES string of the molecule is CNc1ccc(OC(C)C2CC3CC3N2C)cn1. The molecule has 1 aromatic rings. The minimum absolute atomic E-state index is 0.227. The van der Waals surface area contributed by atoms with Gasteiger partial charge in [0.25, 0.3) is 0 Å². The van der Waals surface area contributed by atoms with Gasteiger partial charge in [-0.15, -0.1) is 0 Å². The van der Waals surface area contributed by atoms with Crippen molar-refractivity contribution in [2.24, 2.45) is 5.92 Å². The number of aromatic nitrogens is 1. The molecule has 2 aliphatic rings. The first kappa shape index (κ1) is 11.8. The molecule has 0 spiro atoms. The maximum Gasteiger partial charge on any atom is 0.138 e. The Balaban J connectivity index is 1.61. The number of nitrogens with zero attached hydrogens (tertiary/aromatic N) is 2. The third kappa shape index (κ3) is 2.05. The quantitative estimate of drug-likeness (QED) is 0.883. The zero-order valence-corrected chi connectivity index (χ0v) is 11.3. The lowest BCUT2D eigenvalue weighted by Gasteiger charge is -2.29. The van der Waals surface area contributed by atoms with Crippen LogP contribution in [0, 0.1) is 5.92 Å². The second kappa shape index (κ2) is 4.43. The largest absolute Gasteiger partial charge is 0.487 e. The van der Waals surface area contributed by atoms with E-state index in [1.54, 1.807) is 6.20 Å². The summed E-state index contributed by atoms with van der Waals surface area (Å²) in [5.41, 5.74) is 0. The number of piperidine rings is 1. The number of hydrogen-bond acceptors (Lipinski definition) is 4. The Labute approximate surface area is 108 Å². The summed E-state index contributed by atoms with van der Waals surface area (Å²) in [6, 6.07) is 5.30. The van der Waals surface area contributed by atoms with E-state index in [9.17, 15) is 0 Å². The number of nitrogens with one attached hydrogen (secondary N) is 1. The van der Waals surface area contributed by atoms with E-state index in [4.69, 9.17) is 4.74 Å². The standard InChI is InChI=1S/C14H21N3O/c1-9(12-6-10-7-13(10)17(12)3)18-11-4-5-14(15-2)16-8-11/h4-5,8-10,12-13H,6-7H2,1-3H3,(H,15,16). The zero-order chi connectivity index (χ0) is 12.7. The Morgan fingerprint density at radius 2 is 2.28 bits per heavy atom. The molecule has 1 aromatic heterocycles. The summed E-state index contributed by atoms with van der Waals surface area (Å²) >= 11 is 0. The number of pyridine rings is 1. The maximum atomic E-state index is 6.01. The van der Waals surface area contributed by atoms with Crippen LogP contribution in [0.1, 0.15) is 19.8 Å². The number of likely N-dealkylation sites (tertiary alicyclic amines) is 1. The van der Waals surface area contributed by atoms with Crippen molar-refractivity contribution < 1.29 is 4.74 Å². The number of fused-ring (bicyclic) bond motifs is 1. The Morgan fingerprint density at radius 3 is 2.83 bits per heavy atom. The normalized spacial score (nSPS) is 31.8. The monoisotopic (exact) mass is 247 g/mol. The molecule has 1 aliphatic heterocycles. The average molecular weight is 247 g/mol. The van der Waals surface area contributed by atoms with Crippen molar-refractivity contribution in [2.45, 2.75) is 38.0 Å². The summed E-state index contributed by atoms with van der Waals surface area (Å²) < 4.78 is 6.01. The predicted octanol–water partition coefficient (Wildman–Crippen LogP) is 1.98. The molecule has 3 rings (SSSR count). The summed E-state index contributed by atoms with van der Waals surface area (Å²) in [5.74, 6) is 2.65. The van der Waals surface area contributed by atoms with Crippen molar-refractivity contribution >= 4 is 5.82 Å². The number of rotatable bonds is 4. The van der Waals surface area contributed by atoms with Gasteiger partial charge in [0.2, 0.25) is 0 Å². The van der Waals surface area contributed by atoms with E-state index in [0.29, 0.717) is 6.04 Å². The van der Waals surface area contributed by atoms with E-state index < -0.39 is 0 Å². The lowest BCUT2D eigenvalue weighted by Crippen LogP contribution is -2.40. The minimum Gasteiger partial charge on any atom is -0.487 e. The lowest BCUT2D eigenvalue weighted by atomic mass is 10.1. The molecule has 1 saturated heterocycles. The van der Waals surface area contributed by atoms with Gasteiger partial charge in [0.15, 0.2) is 0 Å². The van der Waals surface area contributed by atoms with E-state index in [2.05, 4.69) is 29.2 Å². The molecule has 0 radical (unpaired) electrons. The molecule has 98 valence electrons. The van der Waals surface area contributed by atoms with Crippen LogP contribution in [0.5, 0.6) is 5.75 Å². The van der Waals surface area contributed by atoms with Crippen LogP contribution in [-0.2, 0) is 0 Å². The minimum atomic E-state index is 0.227. The number of ether oxygens (including phenoxy) is 1. The first-order valence-electron chi connectivity index (χ1n) is 6.71. The Morgan fingerprint density at radius 1 is 1.44 bits per heavy atom. The highest BCUT2D eigenvalue weighted by Crippen LogP contribution is 2.47. The molecule has 4 atom stereocenters. The Kier molecular flexibility index (Phi) is 2.90. The molecule has 1 saturated carbocycles. The van der Waals surface area contributed by atoms with E-state index in [0.717, 1.165) is 23.5 Å². The molecule has 0 bridgehead atoms. The molecule has 0 amide bonds. The van der Waals surface area contributed by atoms with Gasteiger partial charge in [0.1, 0.15) is 17.7 Å². The van der Waals surface area contributed by atoms with Crippen molar-refractivity contribution in [2.75, 3.05) is 19.4 Å². The van der Waals surface area contributed by atoms with Crippen LogP contribution < -0.4 is 10.1 Å². The van der Waals surface area contributed by atoms with E-state index in [1.165, 1.54) is 12.8 Å². The average Bonchev–Trinajstić information content (AvgIpc) is 3.09. The number of likely N-dealkylation sites (N-methyl/N-ethyl adjacent to an activating group) is 1. The molecule has 2 fully saturated rings. The zero-order valence-electron chi connectivity index (χ0n) is 11.3. The smallest absolute Gasteiger partial charge is 0.138 e.